The van der Waals surface area contributed by atoms with Crippen LogP contribution in [0.4, 0.5) is 5.69 Å². The molecule has 2 amide bonds. The minimum absolute atomic E-state index is 0.0920. The summed E-state index contributed by atoms with van der Waals surface area (Å²) in [5.74, 6) is -0.424. The Morgan fingerprint density at radius 2 is 1.85 bits per heavy atom. The van der Waals surface area contributed by atoms with Gasteiger partial charge in [0.1, 0.15) is 5.69 Å². The molecule has 1 heterocycles. The minimum atomic E-state index is -0.251. The topological polar surface area (TPSA) is 62.3 Å². The Hall–Kier alpha value is -2.69. The standard InChI is InChI=1S/C22H29N3O2/c1-6-7-14-25(5)21(27)19-15-16(12-13-23-19)20(26)24-18-11-9-8-10-17(18)22(2,3)4/h8-13,15H,6-7,14H2,1-5H3,(H,24,26). The van der Waals surface area contributed by atoms with E-state index in [0.717, 1.165) is 24.1 Å². The summed E-state index contributed by atoms with van der Waals surface area (Å²) in [5, 5.41) is 2.97. The van der Waals surface area contributed by atoms with Crippen molar-refractivity contribution in [3.05, 3.63) is 59.4 Å². The number of anilines is 1. The summed E-state index contributed by atoms with van der Waals surface area (Å²) in [7, 11) is 1.76. The SMILES string of the molecule is CCCCN(C)C(=O)c1cc(C(=O)Nc2ccccc2C(C)(C)C)ccn1. The Balaban J connectivity index is 2.20. The van der Waals surface area contributed by atoms with Gasteiger partial charge in [0.15, 0.2) is 0 Å². The number of carbonyl (C=O) groups is 2. The van der Waals surface area contributed by atoms with Gasteiger partial charge in [0, 0.05) is 31.0 Å². The van der Waals surface area contributed by atoms with Crippen molar-refractivity contribution in [1.82, 2.24) is 9.88 Å². The molecule has 0 radical (unpaired) electrons. The number of hydrogen-bond donors (Lipinski definition) is 1. The van der Waals surface area contributed by atoms with Crippen molar-refractivity contribution in [3.63, 3.8) is 0 Å². The molecule has 0 spiro atoms. The quantitative estimate of drug-likeness (QED) is 0.817. The molecule has 1 aromatic carbocycles. The van der Waals surface area contributed by atoms with Gasteiger partial charge in [-0.25, -0.2) is 0 Å². The van der Waals surface area contributed by atoms with Crippen LogP contribution in [0.2, 0.25) is 0 Å². The van der Waals surface area contributed by atoms with Gasteiger partial charge < -0.3 is 10.2 Å². The maximum atomic E-state index is 12.7. The number of unbranched alkanes of at least 4 members (excludes halogenated alkanes) is 1. The van der Waals surface area contributed by atoms with Crippen LogP contribution in [0.3, 0.4) is 0 Å². The highest BCUT2D eigenvalue weighted by atomic mass is 16.2. The van der Waals surface area contributed by atoms with Crippen LogP contribution in [-0.4, -0.2) is 35.3 Å². The van der Waals surface area contributed by atoms with Crippen LogP contribution in [0.25, 0.3) is 0 Å². The van der Waals surface area contributed by atoms with Gasteiger partial charge in [-0.15, -0.1) is 0 Å². The first kappa shape index (κ1) is 20.6. The largest absolute Gasteiger partial charge is 0.340 e. The monoisotopic (exact) mass is 367 g/mol. The van der Waals surface area contributed by atoms with Crippen LogP contribution in [-0.2, 0) is 5.41 Å². The summed E-state index contributed by atoms with van der Waals surface area (Å²) >= 11 is 0. The van der Waals surface area contributed by atoms with E-state index < -0.39 is 0 Å². The van der Waals surface area contributed by atoms with E-state index in [4.69, 9.17) is 0 Å². The van der Waals surface area contributed by atoms with Crippen molar-refractivity contribution in [2.24, 2.45) is 0 Å². The lowest BCUT2D eigenvalue weighted by molar-refractivity contribution is 0.0787. The van der Waals surface area contributed by atoms with Crippen LogP contribution in [0.1, 0.15) is 66.9 Å². The molecular weight excluding hydrogens is 338 g/mol. The fourth-order valence-corrected chi connectivity index (χ4v) is 2.82. The van der Waals surface area contributed by atoms with E-state index in [2.05, 4.69) is 38.0 Å². The summed E-state index contributed by atoms with van der Waals surface area (Å²) in [6.45, 7) is 9.07. The summed E-state index contributed by atoms with van der Waals surface area (Å²) in [6.07, 6.45) is 3.46. The van der Waals surface area contributed by atoms with Gasteiger partial charge in [0.25, 0.3) is 11.8 Å². The zero-order valence-corrected chi connectivity index (χ0v) is 16.9. The zero-order chi connectivity index (χ0) is 20.0. The molecule has 0 fully saturated rings. The predicted molar refractivity (Wildman–Crippen MR) is 109 cm³/mol. The third kappa shape index (κ3) is 5.39. The molecule has 144 valence electrons. The van der Waals surface area contributed by atoms with Crippen molar-refractivity contribution in [1.29, 1.82) is 0 Å². The first-order valence-electron chi connectivity index (χ1n) is 9.36. The number of nitrogens with zero attached hydrogens (tertiary/aromatic N) is 2. The summed E-state index contributed by atoms with van der Waals surface area (Å²) in [4.78, 5) is 31.0. The van der Waals surface area contributed by atoms with Crippen molar-refractivity contribution < 1.29 is 9.59 Å². The molecule has 0 bridgehead atoms. The normalized spacial score (nSPS) is 11.1. The second-order valence-electron chi connectivity index (χ2n) is 7.76. The highest BCUT2D eigenvalue weighted by Gasteiger charge is 2.20. The number of nitrogens with one attached hydrogen (secondary N) is 1. The van der Waals surface area contributed by atoms with Crippen molar-refractivity contribution >= 4 is 17.5 Å². The highest BCUT2D eigenvalue weighted by molar-refractivity contribution is 6.06. The first-order valence-corrected chi connectivity index (χ1v) is 9.36. The Morgan fingerprint density at radius 1 is 1.15 bits per heavy atom. The van der Waals surface area contributed by atoms with Crippen LogP contribution in [0.15, 0.2) is 42.6 Å². The van der Waals surface area contributed by atoms with E-state index in [1.807, 2.05) is 24.3 Å². The van der Waals surface area contributed by atoms with Gasteiger partial charge in [-0.3, -0.25) is 14.6 Å². The van der Waals surface area contributed by atoms with Gasteiger partial charge in [-0.2, -0.15) is 0 Å². The molecule has 5 nitrogen and oxygen atoms in total. The molecule has 0 atom stereocenters. The van der Waals surface area contributed by atoms with E-state index in [1.54, 1.807) is 24.1 Å². The lowest BCUT2D eigenvalue weighted by atomic mass is 9.86. The third-order valence-electron chi connectivity index (χ3n) is 4.42. The smallest absolute Gasteiger partial charge is 0.272 e. The number of pyridine rings is 1. The van der Waals surface area contributed by atoms with E-state index in [1.165, 1.54) is 6.20 Å². The Labute approximate surface area is 161 Å². The van der Waals surface area contributed by atoms with E-state index in [0.29, 0.717) is 12.1 Å². The molecule has 2 aromatic rings. The molecule has 0 aliphatic rings. The fraction of sp³-hybridized carbons (Fsp3) is 0.409. The molecule has 27 heavy (non-hydrogen) atoms. The van der Waals surface area contributed by atoms with Gasteiger partial charge in [0.2, 0.25) is 0 Å². The van der Waals surface area contributed by atoms with Crippen molar-refractivity contribution in [2.45, 2.75) is 46.0 Å². The van der Waals surface area contributed by atoms with Crippen LogP contribution >= 0.6 is 0 Å². The fourth-order valence-electron chi connectivity index (χ4n) is 2.82. The number of para-hydroxylation sites is 1. The van der Waals surface area contributed by atoms with Gasteiger partial charge >= 0.3 is 0 Å². The second kappa shape index (κ2) is 8.80. The van der Waals surface area contributed by atoms with Crippen LogP contribution in [0.5, 0.6) is 0 Å². The number of hydrogen-bond acceptors (Lipinski definition) is 3. The summed E-state index contributed by atoms with van der Waals surface area (Å²) in [6, 6.07) is 10.9. The third-order valence-corrected chi connectivity index (χ3v) is 4.42. The van der Waals surface area contributed by atoms with Gasteiger partial charge in [-0.05, 0) is 35.6 Å². The number of carbonyl (C=O) groups excluding carboxylic acids is 2. The highest BCUT2D eigenvalue weighted by Crippen LogP contribution is 2.29. The molecule has 1 aromatic heterocycles. The molecule has 1 N–H and O–H groups in total. The molecule has 2 rings (SSSR count). The summed E-state index contributed by atoms with van der Waals surface area (Å²) in [5.41, 5.74) is 2.44. The molecule has 0 unspecified atom stereocenters. The Bertz CT molecular complexity index is 809. The van der Waals surface area contributed by atoms with Crippen LogP contribution in [0, 0.1) is 0 Å². The molecule has 0 saturated heterocycles. The molecule has 0 saturated carbocycles. The number of amides is 2. The lowest BCUT2D eigenvalue weighted by Gasteiger charge is -2.23. The Kier molecular flexibility index (Phi) is 6.72. The zero-order valence-electron chi connectivity index (χ0n) is 16.9. The Morgan fingerprint density at radius 3 is 2.52 bits per heavy atom. The average Bonchev–Trinajstić information content (AvgIpc) is 2.65. The second-order valence-corrected chi connectivity index (χ2v) is 7.76. The lowest BCUT2D eigenvalue weighted by Crippen LogP contribution is -2.28. The molecule has 0 aliphatic heterocycles. The molecule has 0 aliphatic carbocycles. The van der Waals surface area contributed by atoms with Crippen LogP contribution < -0.4 is 5.32 Å². The number of benzene rings is 1. The first-order chi connectivity index (χ1) is 12.7. The number of aromatic nitrogens is 1. The van der Waals surface area contributed by atoms with E-state index in [9.17, 15) is 9.59 Å². The van der Waals surface area contributed by atoms with E-state index in [-0.39, 0.29) is 22.9 Å². The van der Waals surface area contributed by atoms with Gasteiger partial charge in [0.05, 0.1) is 0 Å². The predicted octanol–water partition coefficient (Wildman–Crippen LogP) is 4.50. The van der Waals surface area contributed by atoms with E-state index >= 15 is 0 Å². The average molecular weight is 367 g/mol. The van der Waals surface area contributed by atoms with Gasteiger partial charge in [-0.1, -0.05) is 52.3 Å². The molecular formula is C22H29N3O2. The summed E-state index contributed by atoms with van der Waals surface area (Å²) < 4.78 is 0. The number of rotatable bonds is 6. The van der Waals surface area contributed by atoms with Crippen molar-refractivity contribution in [2.75, 3.05) is 18.9 Å². The van der Waals surface area contributed by atoms with Crippen molar-refractivity contribution in [3.8, 4) is 0 Å². The maximum absolute atomic E-state index is 12.7. The maximum Gasteiger partial charge on any atom is 0.272 e. The molecule has 5 heteroatoms. The minimum Gasteiger partial charge on any atom is -0.340 e.